The molecule has 1 amide bonds. The standard InChI is InChI=1S/C20H21NO3/c1-14-7-3-4-8-15(14)11-12-21-20(22)19-17(13-23-2)16-9-5-6-10-18(16)24-19/h3-10H,11-13H2,1-2H3,(H,21,22). The molecule has 4 heteroatoms. The Labute approximate surface area is 141 Å². The highest BCUT2D eigenvalue weighted by Crippen LogP contribution is 2.26. The summed E-state index contributed by atoms with van der Waals surface area (Å²) in [5.74, 6) is 0.134. The lowest BCUT2D eigenvalue weighted by atomic mass is 10.1. The zero-order valence-electron chi connectivity index (χ0n) is 14.0. The number of para-hydroxylation sites is 1. The monoisotopic (exact) mass is 323 g/mol. The van der Waals surface area contributed by atoms with Crippen LogP contribution in [-0.2, 0) is 17.8 Å². The van der Waals surface area contributed by atoms with Crippen molar-refractivity contribution in [2.24, 2.45) is 0 Å². The zero-order valence-corrected chi connectivity index (χ0v) is 14.0. The number of aryl methyl sites for hydroxylation is 1. The molecule has 0 radical (unpaired) electrons. The normalized spacial score (nSPS) is 10.9. The molecule has 124 valence electrons. The molecule has 0 aliphatic heterocycles. The molecule has 0 aliphatic rings. The molecule has 3 aromatic rings. The van der Waals surface area contributed by atoms with Crippen molar-refractivity contribution in [3.05, 3.63) is 71.0 Å². The van der Waals surface area contributed by atoms with Gasteiger partial charge in [-0.2, -0.15) is 0 Å². The molecule has 0 bridgehead atoms. The Morgan fingerprint density at radius 1 is 1.12 bits per heavy atom. The third kappa shape index (κ3) is 3.34. The molecule has 0 saturated heterocycles. The van der Waals surface area contributed by atoms with Crippen LogP contribution in [0.25, 0.3) is 11.0 Å². The number of hydrogen-bond donors (Lipinski definition) is 1. The van der Waals surface area contributed by atoms with Gasteiger partial charge >= 0.3 is 0 Å². The summed E-state index contributed by atoms with van der Waals surface area (Å²) in [5.41, 5.74) is 3.96. The summed E-state index contributed by atoms with van der Waals surface area (Å²) >= 11 is 0. The van der Waals surface area contributed by atoms with Gasteiger partial charge in [0.05, 0.1) is 6.61 Å². The number of rotatable bonds is 6. The number of ether oxygens (including phenoxy) is 1. The predicted octanol–water partition coefficient (Wildman–Crippen LogP) is 3.86. The van der Waals surface area contributed by atoms with E-state index in [2.05, 4.69) is 24.4 Å². The lowest BCUT2D eigenvalue weighted by molar-refractivity contribution is 0.0922. The first-order valence-electron chi connectivity index (χ1n) is 8.02. The van der Waals surface area contributed by atoms with Gasteiger partial charge in [-0.3, -0.25) is 4.79 Å². The van der Waals surface area contributed by atoms with Crippen molar-refractivity contribution >= 4 is 16.9 Å². The van der Waals surface area contributed by atoms with Crippen LogP contribution in [0.4, 0.5) is 0 Å². The van der Waals surface area contributed by atoms with Crippen LogP contribution in [0, 0.1) is 6.92 Å². The minimum absolute atomic E-state index is 0.202. The number of fused-ring (bicyclic) bond motifs is 1. The smallest absolute Gasteiger partial charge is 0.287 e. The van der Waals surface area contributed by atoms with E-state index in [1.807, 2.05) is 36.4 Å². The van der Waals surface area contributed by atoms with Crippen molar-refractivity contribution in [1.29, 1.82) is 0 Å². The van der Waals surface area contributed by atoms with Crippen LogP contribution >= 0.6 is 0 Å². The van der Waals surface area contributed by atoms with Crippen LogP contribution < -0.4 is 5.32 Å². The van der Waals surface area contributed by atoms with E-state index in [9.17, 15) is 4.79 Å². The molecule has 0 fully saturated rings. The average molecular weight is 323 g/mol. The fourth-order valence-electron chi connectivity index (χ4n) is 2.85. The van der Waals surface area contributed by atoms with Crippen LogP contribution in [0.5, 0.6) is 0 Å². The summed E-state index contributed by atoms with van der Waals surface area (Å²) < 4.78 is 11.0. The lowest BCUT2D eigenvalue weighted by Crippen LogP contribution is -2.26. The second-order valence-electron chi connectivity index (χ2n) is 5.77. The van der Waals surface area contributed by atoms with E-state index >= 15 is 0 Å². The van der Waals surface area contributed by atoms with Gasteiger partial charge in [0.15, 0.2) is 5.76 Å². The number of methoxy groups -OCH3 is 1. The Morgan fingerprint density at radius 3 is 2.67 bits per heavy atom. The van der Waals surface area contributed by atoms with Crippen molar-refractivity contribution < 1.29 is 13.9 Å². The second kappa shape index (κ2) is 7.32. The predicted molar refractivity (Wildman–Crippen MR) is 94.1 cm³/mol. The van der Waals surface area contributed by atoms with Gasteiger partial charge in [0, 0.05) is 24.6 Å². The molecule has 1 heterocycles. The molecule has 0 saturated carbocycles. The van der Waals surface area contributed by atoms with Crippen molar-refractivity contribution in [2.75, 3.05) is 13.7 Å². The number of benzene rings is 2. The van der Waals surface area contributed by atoms with Gasteiger partial charge in [-0.15, -0.1) is 0 Å². The summed E-state index contributed by atoms with van der Waals surface area (Å²) in [4.78, 5) is 12.5. The maximum atomic E-state index is 12.5. The fraction of sp³-hybridized carbons (Fsp3) is 0.250. The molecule has 1 N–H and O–H groups in total. The van der Waals surface area contributed by atoms with Crippen LogP contribution in [0.15, 0.2) is 52.9 Å². The minimum Gasteiger partial charge on any atom is -0.451 e. The summed E-state index contributed by atoms with van der Waals surface area (Å²) in [6.45, 7) is 2.98. The summed E-state index contributed by atoms with van der Waals surface area (Å²) in [6, 6.07) is 15.8. The van der Waals surface area contributed by atoms with E-state index in [-0.39, 0.29) is 5.91 Å². The Bertz CT molecular complexity index is 851. The van der Waals surface area contributed by atoms with Gasteiger partial charge in [-0.25, -0.2) is 0 Å². The highest BCUT2D eigenvalue weighted by atomic mass is 16.5. The number of amides is 1. The fourth-order valence-corrected chi connectivity index (χ4v) is 2.85. The van der Waals surface area contributed by atoms with Crippen LogP contribution in [0.1, 0.15) is 27.2 Å². The molecule has 1 aromatic heterocycles. The Morgan fingerprint density at radius 2 is 1.88 bits per heavy atom. The molecular formula is C20H21NO3. The number of hydrogen-bond acceptors (Lipinski definition) is 3. The summed E-state index contributed by atoms with van der Waals surface area (Å²) in [5, 5.41) is 3.87. The number of carbonyl (C=O) groups excluding carboxylic acids is 1. The Balaban J connectivity index is 1.74. The van der Waals surface area contributed by atoms with E-state index in [1.54, 1.807) is 7.11 Å². The van der Waals surface area contributed by atoms with Gasteiger partial charge in [0.2, 0.25) is 0 Å². The quantitative estimate of drug-likeness (QED) is 0.749. The maximum absolute atomic E-state index is 12.5. The third-order valence-electron chi connectivity index (χ3n) is 4.13. The van der Waals surface area contributed by atoms with E-state index in [4.69, 9.17) is 9.15 Å². The molecule has 0 atom stereocenters. The van der Waals surface area contributed by atoms with Crippen LogP contribution in [0.3, 0.4) is 0 Å². The Kier molecular flexibility index (Phi) is 4.96. The first-order valence-corrected chi connectivity index (χ1v) is 8.02. The largest absolute Gasteiger partial charge is 0.451 e. The molecular weight excluding hydrogens is 302 g/mol. The van der Waals surface area contributed by atoms with Gasteiger partial charge in [0.25, 0.3) is 5.91 Å². The van der Waals surface area contributed by atoms with Crippen molar-refractivity contribution in [1.82, 2.24) is 5.32 Å². The molecule has 2 aromatic carbocycles. The number of furan rings is 1. The lowest BCUT2D eigenvalue weighted by Gasteiger charge is -2.07. The van der Waals surface area contributed by atoms with Crippen molar-refractivity contribution in [3.8, 4) is 0 Å². The number of carbonyl (C=O) groups is 1. The summed E-state index contributed by atoms with van der Waals surface area (Å²) in [6.07, 6.45) is 0.790. The minimum atomic E-state index is -0.202. The highest BCUT2D eigenvalue weighted by Gasteiger charge is 2.19. The number of nitrogens with one attached hydrogen (secondary N) is 1. The molecule has 4 nitrogen and oxygen atoms in total. The SMILES string of the molecule is COCc1c(C(=O)NCCc2ccccc2C)oc2ccccc12. The highest BCUT2D eigenvalue weighted by molar-refractivity contribution is 5.99. The third-order valence-corrected chi connectivity index (χ3v) is 4.13. The van der Waals surface area contributed by atoms with E-state index in [0.717, 1.165) is 17.4 Å². The van der Waals surface area contributed by atoms with Gasteiger partial charge in [-0.1, -0.05) is 42.5 Å². The van der Waals surface area contributed by atoms with Gasteiger partial charge in [0.1, 0.15) is 5.58 Å². The van der Waals surface area contributed by atoms with E-state index < -0.39 is 0 Å². The zero-order chi connectivity index (χ0) is 16.9. The van der Waals surface area contributed by atoms with Gasteiger partial charge in [-0.05, 0) is 30.5 Å². The molecule has 0 aliphatic carbocycles. The van der Waals surface area contributed by atoms with E-state index in [0.29, 0.717) is 24.5 Å². The van der Waals surface area contributed by atoms with Gasteiger partial charge < -0.3 is 14.5 Å². The first kappa shape index (κ1) is 16.3. The van der Waals surface area contributed by atoms with E-state index in [1.165, 1.54) is 11.1 Å². The molecule has 3 rings (SSSR count). The topological polar surface area (TPSA) is 51.5 Å². The summed E-state index contributed by atoms with van der Waals surface area (Å²) in [7, 11) is 1.61. The second-order valence-corrected chi connectivity index (χ2v) is 5.77. The van der Waals surface area contributed by atoms with Crippen LogP contribution in [0.2, 0.25) is 0 Å². The average Bonchev–Trinajstić information content (AvgIpc) is 2.96. The molecule has 24 heavy (non-hydrogen) atoms. The maximum Gasteiger partial charge on any atom is 0.287 e. The van der Waals surface area contributed by atoms with Crippen molar-refractivity contribution in [3.63, 3.8) is 0 Å². The van der Waals surface area contributed by atoms with Crippen LogP contribution in [-0.4, -0.2) is 19.6 Å². The van der Waals surface area contributed by atoms with Crippen molar-refractivity contribution in [2.45, 2.75) is 20.0 Å². The molecule has 0 unspecified atom stereocenters. The first-order chi connectivity index (χ1) is 11.7. The molecule has 0 spiro atoms. The Hall–Kier alpha value is -2.59.